The van der Waals surface area contributed by atoms with Crippen molar-refractivity contribution >= 4 is 11.9 Å². The maximum Gasteiger partial charge on any atom is 0.192 e. The number of hydrogen-bond acceptors (Lipinski definition) is 3. The van der Waals surface area contributed by atoms with Crippen LogP contribution in [0, 0.1) is 5.82 Å². The standard InChI is InChI=1S/C20H15FN2O2/c21-16-6-7-19-18(11-16)20(24)15(8-9-25-19)10-14-12-22-23(13-14)17-4-2-1-3-5-17/h1-7,10-13H,8-9H2/b15-10+. The summed E-state index contributed by atoms with van der Waals surface area (Å²) in [5, 5.41) is 4.33. The number of carbonyl (C=O) groups excluding carboxylic acids is 1. The number of fused-ring (bicyclic) bond motifs is 1. The number of Topliss-reactive ketones (excluding diaryl/α,β-unsaturated/α-hetero) is 1. The van der Waals surface area contributed by atoms with E-state index in [4.69, 9.17) is 4.74 Å². The summed E-state index contributed by atoms with van der Waals surface area (Å²) in [5.41, 5.74) is 2.60. The number of halogens is 1. The third-order valence-electron chi connectivity index (χ3n) is 4.07. The Morgan fingerprint density at radius 2 is 2.00 bits per heavy atom. The molecule has 1 aromatic heterocycles. The monoisotopic (exact) mass is 334 g/mol. The summed E-state index contributed by atoms with van der Waals surface area (Å²) in [5.74, 6) is -0.233. The fourth-order valence-electron chi connectivity index (χ4n) is 2.84. The van der Waals surface area contributed by atoms with Gasteiger partial charge in [0.2, 0.25) is 0 Å². The second kappa shape index (κ2) is 6.36. The number of aromatic nitrogens is 2. The average Bonchev–Trinajstić information content (AvgIpc) is 3.05. The highest BCUT2D eigenvalue weighted by atomic mass is 19.1. The van der Waals surface area contributed by atoms with E-state index in [1.807, 2.05) is 36.5 Å². The van der Waals surface area contributed by atoms with Crippen molar-refractivity contribution in [1.29, 1.82) is 0 Å². The van der Waals surface area contributed by atoms with Gasteiger partial charge in [-0.1, -0.05) is 18.2 Å². The first kappa shape index (κ1) is 15.3. The summed E-state index contributed by atoms with van der Waals surface area (Å²) >= 11 is 0. The van der Waals surface area contributed by atoms with E-state index in [0.29, 0.717) is 24.4 Å². The maximum atomic E-state index is 13.5. The van der Waals surface area contributed by atoms with E-state index in [2.05, 4.69) is 5.10 Å². The van der Waals surface area contributed by atoms with Crippen LogP contribution in [0.25, 0.3) is 11.8 Å². The van der Waals surface area contributed by atoms with E-state index in [9.17, 15) is 9.18 Å². The Morgan fingerprint density at radius 3 is 2.84 bits per heavy atom. The van der Waals surface area contributed by atoms with Crippen molar-refractivity contribution in [3.8, 4) is 11.4 Å². The SMILES string of the molecule is O=C1/C(=C/c2cnn(-c3ccccc3)c2)CCOc2ccc(F)cc21. The Hall–Kier alpha value is -3.21. The Labute approximate surface area is 144 Å². The lowest BCUT2D eigenvalue weighted by atomic mass is 10.00. The molecule has 0 saturated carbocycles. The predicted molar refractivity (Wildman–Crippen MR) is 92.4 cm³/mol. The van der Waals surface area contributed by atoms with Crippen LogP contribution in [-0.2, 0) is 0 Å². The molecule has 0 radical (unpaired) electrons. The molecule has 124 valence electrons. The molecule has 0 N–H and O–H groups in total. The predicted octanol–water partition coefficient (Wildman–Crippen LogP) is 4.06. The Kier molecular flexibility index (Phi) is 3.90. The molecule has 3 aromatic rings. The number of ether oxygens (including phenoxy) is 1. The largest absolute Gasteiger partial charge is 0.492 e. The maximum absolute atomic E-state index is 13.5. The third-order valence-corrected chi connectivity index (χ3v) is 4.07. The summed E-state index contributed by atoms with van der Waals surface area (Å²) < 4.78 is 20.8. The van der Waals surface area contributed by atoms with Gasteiger partial charge < -0.3 is 4.74 Å². The van der Waals surface area contributed by atoms with Gasteiger partial charge in [-0.25, -0.2) is 9.07 Å². The van der Waals surface area contributed by atoms with E-state index in [0.717, 1.165) is 11.3 Å². The normalized spacial score (nSPS) is 15.6. The number of carbonyl (C=O) groups is 1. The zero-order valence-electron chi connectivity index (χ0n) is 13.4. The summed E-state index contributed by atoms with van der Waals surface area (Å²) in [7, 11) is 0. The number of benzene rings is 2. The Morgan fingerprint density at radius 1 is 1.16 bits per heavy atom. The molecule has 0 amide bonds. The van der Waals surface area contributed by atoms with Crippen LogP contribution in [0.3, 0.4) is 0 Å². The molecule has 25 heavy (non-hydrogen) atoms. The van der Waals surface area contributed by atoms with Gasteiger partial charge in [-0.3, -0.25) is 4.79 Å². The van der Waals surface area contributed by atoms with Crippen molar-refractivity contribution in [3.05, 3.63) is 83.4 Å². The molecule has 2 heterocycles. The van der Waals surface area contributed by atoms with Crippen LogP contribution in [0.15, 0.2) is 66.5 Å². The van der Waals surface area contributed by atoms with Gasteiger partial charge in [-0.2, -0.15) is 5.10 Å². The van der Waals surface area contributed by atoms with Gasteiger partial charge in [0.25, 0.3) is 0 Å². The molecule has 4 nitrogen and oxygen atoms in total. The lowest BCUT2D eigenvalue weighted by Crippen LogP contribution is -2.02. The summed E-state index contributed by atoms with van der Waals surface area (Å²) in [4.78, 5) is 12.7. The average molecular weight is 334 g/mol. The molecule has 1 aliphatic rings. The minimum atomic E-state index is -0.450. The first-order chi connectivity index (χ1) is 12.2. The minimum absolute atomic E-state index is 0.209. The first-order valence-electron chi connectivity index (χ1n) is 7.98. The molecule has 0 aliphatic carbocycles. The summed E-state index contributed by atoms with van der Waals surface area (Å²) in [6, 6.07) is 13.7. The molecule has 0 fully saturated rings. The van der Waals surface area contributed by atoms with Gasteiger partial charge in [0, 0.05) is 23.8 Å². The summed E-state index contributed by atoms with van der Waals surface area (Å²) in [6.45, 7) is 0.378. The first-order valence-corrected chi connectivity index (χ1v) is 7.98. The molecule has 0 unspecified atom stereocenters. The molecule has 0 bridgehead atoms. The minimum Gasteiger partial charge on any atom is -0.492 e. The molecular weight excluding hydrogens is 319 g/mol. The second-order valence-electron chi connectivity index (χ2n) is 5.79. The van der Waals surface area contributed by atoms with E-state index >= 15 is 0 Å². The van der Waals surface area contributed by atoms with Crippen LogP contribution in [0.4, 0.5) is 4.39 Å². The van der Waals surface area contributed by atoms with Crippen molar-refractivity contribution in [1.82, 2.24) is 9.78 Å². The number of ketones is 1. The molecule has 2 aromatic carbocycles. The molecule has 1 aliphatic heterocycles. The van der Waals surface area contributed by atoms with Gasteiger partial charge in [-0.15, -0.1) is 0 Å². The molecule has 0 saturated heterocycles. The van der Waals surface area contributed by atoms with E-state index in [-0.39, 0.29) is 11.3 Å². The van der Waals surface area contributed by atoms with Crippen LogP contribution < -0.4 is 4.74 Å². The zero-order valence-corrected chi connectivity index (χ0v) is 13.4. The highest BCUT2D eigenvalue weighted by molar-refractivity contribution is 6.13. The lowest BCUT2D eigenvalue weighted by Gasteiger charge is -2.04. The highest BCUT2D eigenvalue weighted by Crippen LogP contribution is 2.28. The molecular formula is C20H15FN2O2. The number of hydrogen-bond donors (Lipinski definition) is 0. The van der Waals surface area contributed by atoms with Crippen LogP contribution in [0.2, 0.25) is 0 Å². The lowest BCUT2D eigenvalue weighted by molar-refractivity contribution is 0.103. The van der Waals surface area contributed by atoms with Crippen LogP contribution in [0.1, 0.15) is 22.3 Å². The molecule has 0 atom stereocenters. The van der Waals surface area contributed by atoms with Crippen LogP contribution in [0.5, 0.6) is 5.75 Å². The van der Waals surface area contributed by atoms with Crippen molar-refractivity contribution < 1.29 is 13.9 Å². The van der Waals surface area contributed by atoms with E-state index < -0.39 is 5.82 Å². The Bertz CT molecular complexity index is 961. The highest BCUT2D eigenvalue weighted by Gasteiger charge is 2.22. The van der Waals surface area contributed by atoms with Gasteiger partial charge >= 0.3 is 0 Å². The third kappa shape index (κ3) is 3.08. The van der Waals surface area contributed by atoms with Gasteiger partial charge in [0.05, 0.1) is 24.1 Å². The van der Waals surface area contributed by atoms with E-state index in [1.165, 1.54) is 18.2 Å². The van der Waals surface area contributed by atoms with Crippen LogP contribution >= 0.6 is 0 Å². The quantitative estimate of drug-likeness (QED) is 0.664. The van der Waals surface area contributed by atoms with Crippen molar-refractivity contribution in [2.75, 3.05) is 6.61 Å². The zero-order chi connectivity index (χ0) is 17.2. The van der Waals surface area contributed by atoms with Crippen LogP contribution in [-0.4, -0.2) is 22.2 Å². The van der Waals surface area contributed by atoms with Crippen molar-refractivity contribution in [2.24, 2.45) is 0 Å². The van der Waals surface area contributed by atoms with E-state index in [1.54, 1.807) is 17.0 Å². The van der Waals surface area contributed by atoms with Crippen molar-refractivity contribution in [2.45, 2.75) is 6.42 Å². The molecule has 0 spiro atoms. The second-order valence-corrected chi connectivity index (χ2v) is 5.79. The van der Waals surface area contributed by atoms with Crippen molar-refractivity contribution in [3.63, 3.8) is 0 Å². The van der Waals surface area contributed by atoms with Gasteiger partial charge in [0.1, 0.15) is 11.6 Å². The molecule has 4 rings (SSSR count). The fraction of sp³-hybridized carbons (Fsp3) is 0.100. The summed E-state index contributed by atoms with van der Waals surface area (Å²) in [6.07, 6.45) is 5.81. The number of nitrogens with zero attached hydrogens (tertiary/aromatic N) is 2. The van der Waals surface area contributed by atoms with Gasteiger partial charge in [0.15, 0.2) is 5.78 Å². The Balaban J connectivity index is 1.67. The fourth-order valence-corrected chi connectivity index (χ4v) is 2.84. The smallest absolute Gasteiger partial charge is 0.192 e. The molecule has 5 heteroatoms. The topological polar surface area (TPSA) is 44.1 Å². The number of para-hydroxylation sites is 1. The van der Waals surface area contributed by atoms with Gasteiger partial charge in [-0.05, 0) is 36.4 Å². The number of rotatable bonds is 2.